The van der Waals surface area contributed by atoms with Crippen LogP contribution in [0.2, 0.25) is 18.8 Å². The molecule has 68 valence electrons. The molecule has 0 saturated carbocycles. The molecule has 0 aromatic heterocycles. The van der Waals surface area contributed by atoms with Crippen LogP contribution in [0, 0.1) is 0 Å². The van der Waals surface area contributed by atoms with Gasteiger partial charge in [0.2, 0.25) is 0 Å². The Balaban J connectivity index is 3.43. The zero-order valence-electron chi connectivity index (χ0n) is 7.90. The van der Waals surface area contributed by atoms with Crippen molar-refractivity contribution in [2.75, 3.05) is 13.1 Å². The van der Waals surface area contributed by atoms with E-state index in [1.165, 1.54) is 21.7 Å². The minimum atomic E-state index is -1.60. The van der Waals surface area contributed by atoms with Crippen molar-refractivity contribution in [2.24, 2.45) is 11.5 Å². The van der Waals surface area contributed by atoms with E-state index in [1.54, 1.807) is 0 Å². The second-order valence-corrected chi connectivity index (χ2v) is 19.2. The van der Waals surface area contributed by atoms with E-state index < -0.39 is 18.4 Å². The Kier molecular flexibility index (Phi) is 6.67. The average molecular weight is 265 g/mol. The summed E-state index contributed by atoms with van der Waals surface area (Å²) in [5.41, 5.74) is 10.9. The maximum atomic E-state index is 5.47. The van der Waals surface area contributed by atoms with E-state index in [0.29, 0.717) is 0 Å². The van der Waals surface area contributed by atoms with E-state index in [2.05, 4.69) is 9.88 Å². The third-order valence-corrected chi connectivity index (χ3v) is 11.9. The van der Waals surface area contributed by atoms with Crippen LogP contribution in [0.5, 0.6) is 0 Å². The van der Waals surface area contributed by atoms with Crippen LogP contribution < -0.4 is 11.5 Å². The van der Waals surface area contributed by atoms with Crippen LogP contribution in [-0.2, 0) is 0 Å². The van der Waals surface area contributed by atoms with Crippen LogP contribution in [0.4, 0.5) is 0 Å². The normalized spacial score (nSPS) is 12.0. The summed E-state index contributed by atoms with van der Waals surface area (Å²) in [5.74, 6) is 0. The molecule has 0 aliphatic heterocycles. The fourth-order valence-corrected chi connectivity index (χ4v) is 8.63. The van der Waals surface area contributed by atoms with E-state index in [1.807, 2.05) is 0 Å². The van der Waals surface area contributed by atoms with Crippen LogP contribution in [0.1, 0.15) is 12.8 Å². The van der Waals surface area contributed by atoms with E-state index in [-0.39, 0.29) is 0 Å². The maximum absolute atomic E-state index is 5.47. The van der Waals surface area contributed by atoms with Crippen molar-refractivity contribution in [3.63, 3.8) is 0 Å². The monoisotopic (exact) mass is 266 g/mol. The Morgan fingerprint density at radius 3 is 1.55 bits per heavy atom. The van der Waals surface area contributed by atoms with Crippen molar-refractivity contribution in [2.45, 2.75) is 31.6 Å². The first-order valence-corrected chi connectivity index (χ1v) is 14.3. The van der Waals surface area contributed by atoms with Crippen molar-refractivity contribution >= 4 is 18.4 Å². The molecule has 0 atom stereocenters. The Morgan fingerprint density at radius 2 is 1.27 bits per heavy atom. The number of hydrogen-bond donors (Lipinski definition) is 2. The molecular formula is C8H22N2Sn. The molecule has 0 aliphatic carbocycles. The predicted molar refractivity (Wildman–Crippen MR) is 54.4 cm³/mol. The molecule has 0 aliphatic rings. The third kappa shape index (κ3) is 7.09. The molecule has 0 unspecified atom stereocenters. The van der Waals surface area contributed by atoms with E-state index in [9.17, 15) is 0 Å². The topological polar surface area (TPSA) is 52.0 Å². The molecule has 0 amide bonds. The van der Waals surface area contributed by atoms with Gasteiger partial charge in [0.25, 0.3) is 0 Å². The number of rotatable bonds is 6. The molecule has 0 radical (unpaired) electrons. The van der Waals surface area contributed by atoms with Gasteiger partial charge in [0.15, 0.2) is 0 Å². The van der Waals surface area contributed by atoms with Gasteiger partial charge in [0, 0.05) is 0 Å². The van der Waals surface area contributed by atoms with Gasteiger partial charge in [-0.25, -0.2) is 0 Å². The molecule has 11 heavy (non-hydrogen) atoms. The molecule has 4 N–H and O–H groups in total. The molecule has 0 aromatic carbocycles. The Morgan fingerprint density at radius 1 is 0.909 bits per heavy atom. The average Bonchev–Trinajstić information content (AvgIpc) is 1.97. The van der Waals surface area contributed by atoms with Gasteiger partial charge in [0.05, 0.1) is 0 Å². The number of nitrogens with two attached hydrogens (primary N) is 2. The number of hydrogen-bond acceptors (Lipinski definition) is 2. The molecule has 2 nitrogen and oxygen atoms in total. The molecule has 0 aromatic rings. The summed E-state index contributed by atoms with van der Waals surface area (Å²) < 4.78 is 2.87. The van der Waals surface area contributed by atoms with Crippen molar-refractivity contribution in [3.05, 3.63) is 0 Å². The van der Waals surface area contributed by atoms with Crippen LogP contribution in [0.25, 0.3) is 0 Å². The molecular weight excluding hydrogens is 243 g/mol. The summed E-state index contributed by atoms with van der Waals surface area (Å²) in [6.07, 6.45) is 2.46. The second kappa shape index (κ2) is 6.26. The SMILES string of the molecule is [CH3][Sn]([CH3])([CH2]CCN)[CH2]CCN. The van der Waals surface area contributed by atoms with Gasteiger partial charge < -0.3 is 0 Å². The van der Waals surface area contributed by atoms with Crippen LogP contribution >= 0.6 is 0 Å². The molecule has 0 fully saturated rings. The third-order valence-electron chi connectivity index (χ3n) is 2.12. The Labute approximate surface area is 74.6 Å². The van der Waals surface area contributed by atoms with Crippen LogP contribution in [0.15, 0.2) is 0 Å². The first-order valence-electron chi connectivity index (χ1n) is 4.52. The molecule has 3 heteroatoms. The summed E-state index contributed by atoms with van der Waals surface area (Å²) in [6.45, 7) is 1.73. The van der Waals surface area contributed by atoms with Crippen LogP contribution in [-0.4, -0.2) is 31.5 Å². The molecule has 0 bridgehead atoms. The predicted octanol–water partition coefficient (Wildman–Crippen LogP) is 1.39. The first-order chi connectivity index (χ1) is 5.12. The van der Waals surface area contributed by atoms with Crippen molar-refractivity contribution in [3.8, 4) is 0 Å². The van der Waals surface area contributed by atoms with E-state index in [4.69, 9.17) is 11.5 Å². The quantitative estimate of drug-likeness (QED) is 0.713. The fraction of sp³-hybridized carbons (Fsp3) is 1.00. The van der Waals surface area contributed by atoms with Gasteiger partial charge in [-0.2, -0.15) is 0 Å². The van der Waals surface area contributed by atoms with E-state index >= 15 is 0 Å². The second-order valence-electron chi connectivity index (χ2n) is 3.95. The first kappa shape index (κ1) is 11.7. The Bertz CT molecular complexity index is 84.1. The zero-order valence-corrected chi connectivity index (χ0v) is 10.8. The molecule has 0 spiro atoms. The zero-order chi connectivity index (χ0) is 8.74. The summed E-state index contributed by atoms with van der Waals surface area (Å²) in [5, 5.41) is 0. The van der Waals surface area contributed by atoms with Gasteiger partial charge in [-0.15, -0.1) is 0 Å². The van der Waals surface area contributed by atoms with Crippen molar-refractivity contribution in [1.29, 1.82) is 0 Å². The van der Waals surface area contributed by atoms with Crippen molar-refractivity contribution in [1.82, 2.24) is 0 Å². The van der Waals surface area contributed by atoms with Crippen molar-refractivity contribution < 1.29 is 0 Å². The van der Waals surface area contributed by atoms with E-state index in [0.717, 1.165) is 13.1 Å². The van der Waals surface area contributed by atoms with Gasteiger partial charge in [0.1, 0.15) is 0 Å². The van der Waals surface area contributed by atoms with Gasteiger partial charge in [-0.05, 0) is 0 Å². The minimum absolute atomic E-state index is 0.864. The van der Waals surface area contributed by atoms with Gasteiger partial charge in [-0.3, -0.25) is 0 Å². The summed E-state index contributed by atoms with van der Waals surface area (Å²) in [7, 11) is 0. The molecule has 0 rings (SSSR count). The molecule has 0 saturated heterocycles. The summed E-state index contributed by atoms with van der Waals surface area (Å²) in [6, 6.07) is 0. The van der Waals surface area contributed by atoms with Gasteiger partial charge >= 0.3 is 74.5 Å². The summed E-state index contributed by atoms with van der Waals surface area (Å²) >= 11 is -1.60. The fourth-order valence-electron chi connectivity index (χ4n) is 1.29. The summed E-state index contributed by atoms with van der Waals surface area (Å²) in [4.78, 5) is 5.00. The Hall–Kier alpha value is 0.719. The van der Waals surface area contributed by atoms with Gasteiger partial charge in [-0.1, -0.05) is 0 Å². The molecule has 0 heterocycles. The van der Waals surface area contributed by atoms with Crippen LogP contribution in [0.3, 0.4) is 0 Å². The standard InChI is InChI=1S/2C3H8N.2CH3.Sn/c2*1-2-3-4;;;/h2*1-4H2;2*1H3;.